The number of phenolic OH excluding ortho intramolecular Hbond substituents is 1. The SMILES string of the molecule is Cc1ccc(-c2cc(C(=O)N/N=C\c3c(O)ccc4ccccc34)nn2-c2ccc(C)cc2)cc1. The van der Waals surface area contributed by atoms with Gasteiger partial charge in [0.2, 0.25) is 0 Å². The summed E-state index contributed by atoms with van der Waals surface area (Å²) >= 11 is 0. The van der Waals surface area contributed by atoms with Gasteiger partial charge in [-0.15, -0.1) is 0 Å². The van der Waals surface area contributed by atoms with Crippen molar-refractivity contribution in [3.63, 3.8) is 0 Å². The van der Waals surface area contributed by atoms with Crippen LogP contribution >= 0.6 is 0 Å². The highest BCUT2D eigenvalue weighted by molar-refractivity contribution is 6.03. The Morgan fingerprint density at radius 3 is 2.34 bits per heavy atom. The average molecular weight is 461 g/mol. The van der Waals surface area contributed by atoms with Crippen LogP contribution in [0.15, 0.2) is 96.1 Å². The van der Waals surface area contributed by atoms with Crippen molar-refractivity contribution in [2.45, 2.75) is 13.8 Å². The molecule has 6 nitrogen and oxygen atoms in total. The molecule has 1 amide bonds. The van der Waals surface area contributed by atoms with Gasteiger partial charge in [-0.05, 0) is 48.9 Å². The molecule has 0 saturated heterocycles. The lowest BCUT2D eigenvalue weighted by Gasteiger charge is -2.08. The molecule has 35 heavy (non-hydrogen) atoms. The van der Waals surface area contributed by atoms with Crippen LogP contribution in [0, 0.1) is 13.8 Å². The molecule has 0 fully saturated rings. The van der Waals surface area contributed by atoms with E-state index in [9.17, 15) is 9.90 Å². The van der Waals surface area contributed by atoms with Crippen molar-refractivity contribution < 1.29 is 9.90 Å². The van der Waals surface area contributed by atoms with E-state index in [4.69, 9.17) is 0 Å². The van der Waals surface area contributed by atoms with Gasteiger partial charge < -0.3 is 5.11 Å². The molecular formula is C29H24N4O2. The number of phenols is 1. The van der Waals surface area contributed by atoms with E-state index in [2.05, 4.69) is 15.6 Å². The third kappa shape index (κ3) is 4.54. The number of aromatic hydroxyl groups is 1. The Balaban J connectivity index is 1.46. The Morgan fingerprint density at radius 1 is 0.914 bits per heavy atom. The Labute approximate surface area is 203 Å². The molecule has 5 rings (SSSR count). The number of carbonyl (C=O) groups is 1. The molecule has 0 atom stereocenters. The maximum atomic E-state index is 13.0. The van der Waals surface area contributed by atoms with Crippen molar-refractivity contribution in [1.82, 2.24) is 15.2 Å². The highest BCUT2D eigenvalue weighted by atomic mass is 16.3. The number of benzene rings is 4. The summed E-state index contributed by atoms with van der Waals surface area (Å²) in [4.78, 5) is 13.0. The van der Waals surface area contributed by atoms with Crippen LogP contribution in [0.5, 0.6) is 5.75 Å². The number of amides is 1. The Bertz CT molecular complexity index is 1490. The molecule has 6 heteroatoms. The lowest BCUT2D eigenvalue weighted by Crippen LogP contribution is -2.18. The topological polar surface area (TPSA) is 79.5 Å². The second kappa shape index (κ2) is 9.27. The molecule has 2 N–H and O–H groups in total. The van der Waals surface area contributed by atoms with Crippen LogP contribution in [0.25, 0.3) is 27.7 Å². The first-order chi connectivity index (χ1) is 17.0. The second-order valence-corrected chi connectivity index (χ2v) is 8.45. The fourth-order valence-electron chi connectivity index (χ4n) is 3.94. The van der Waals surface area contributed by atoms with Gasteiger partial charge in [0.15, 0.2) is 5.69 Å². The van der Waals surface area contributed by atoms with Gasteiger partial charge in [0, 0.05) is 11.1 Å². The van der Waals surface area contributed by atoms with E-state index in [0.717, 1.165) is 38.8 Å². The molecular weight excluding hydrogens is 436 g/mol. The third-order valence-electron chi connectivity index (χ3n) is 5.88. The predicted octanol–water partition coefficient (Wildman–Crippen LogP) is 5.78. The highest BCUT2D eigenvalue weighted by Gasteiger charge is 2.17. The number of hydrogen-bond acceptors (Lipinski definition) is 4. The second-order valence-electron chi connectivity index (χ2n) is 8.45. The van der Waals surface area contributed by atoms with Crippen molar-refractivity contribution >= 4 is 22.9 Å². The van der Waals surface area contributed by atoms with E-state index >= 15 is 0 Å². The largest absolute Gasteiger partial charge is 0.507 e. The number of hydrogen-bond donors (Lipinski definition) is 2. The first-order valence-corrected chi connectivity index (χ1v) is 11.3. The molecule has 1 heterocycles. The maximum Gasteiger partial charge on any atom is 0.291 e. The Hall–Kier alpha value is -4.71. The summed E-state index contributed by atoms with van der Waals surface area (Å²) in [5.41, 5.74) is 8.22. The van der Waals surface area contributed by atoms with Crippen LogP contribution < -0.4 is 5.43 Å². The van der Waals surface area contributed by atoms with E-state index in [1.165, 1.54) is 6.21 Å². The zero-order valence-electron chi connectivity index (χ0n) is 19.4. The van der Waals surface area contributed by atoms with Gasteiger partial charge >= 0.3 is 0 Å². The van der Waals surface area contributed by atoms with Gasteiger partial charge in [-0.2, -0.15) is 10.2 Å². The van der Waals surface area contributed by atoms with Gasteiger partial charge in [0.05, 0.1) is 17.6 Å². The van der Waals surface area contributed by atoms with Crippen LogP contribution in [0.2, 0.25) is 0 Å². The number of carbonyl (C=O) groups excluding carboxylic acids is 1. The van der Waals surface area contributed by atoms with E-state index in [-0.39, 0.29) is 11.4 Å². The fourth-order valence-corrected chi connectivity index (χ4v) is 3.94. The smallest absolute Gasteiger partial charge is 0.291 e. The summed E-state index contributed by atoms with van der Waals surface area (Å²) in [5, 5.41) is 20.8. The predicted molar refractivity (Wildman–Crippen MR) is 139 cm³/mol. The summed E-state index contributed by atoms with van der Waals surface area (Å²) in [6, 6.07) is 28.9. The molecule has 4 aromatic carbocycles. The minimum Gasteiger partial charge on any atom is -0.507 e. The molecule has 0 radical (unpaired) electrons. The van der Waals surface area contributed by atoms with E-state index in [0.29, 0.717) is 5.56 Å². The van der Waals surface area contributed by atoms with Crippen LogP contribution in [-0.4, -0.2) is 27.0 Å². The number of aromatic nitrogens is 2. The van der Waals surface area contributed by atoms with Gasteiger partial charge in [0.1, 0.15) is 5.75 Å². The van der Waals surface area contributed by atoms with Crippen molar-refractivity contribution in [3.8, 4) is 22.7 Å². The quantitative estimate of drug-likeness (QED) is 0.258. The molecule has 5 aromatic rings. The minimum absolute atomic E-state index is 0.0898. The number of fused-ring (bicyclic) bond motifs is 1. The standard InChI is InChI=1S/C29H24N4O2/c1-19-7-11-22(12-8-19)27-17-26(32-33(27)23-14-9-20(2)10-15-23)29(35)31-30-18-25-24-6-4-3-5-21(24)13-16-28(25)34/h3-18,34H,1-2H3,(H,31,35)/b30-18-. The molecule has 172 valence electrons. The lowest BCUT2D eigenvalue weighted by atomic mass is 10.0. The number of nitrogens with zero attached hydrogens (tertiary/aromatic N) is 3. The zero-order chi connectivity index (χ0) is 24.4. The minimum atomic E-state index is -0.444. The molecule has 0 aliphatic heterocycles. The molecule has 0 bridgehead atoms. The van der Waals surface area contributed by atoms with E-state index < -0.39 is 5.91 Å². The monoisotopic (exact) mass is 460 g/mol. The van der Waals surface area contributed by atoms with Gasteiger partial charge in [-0.3, -0.25) is 4.79 Å². The highest BCUT2D eigenvalue weighted by Crippen LogP contribution is 2.26. The first kappa shape index (κ1) is 22.1. The third-order valence-corrected chi connectivity index (χ3v) is 5.88. The number of nitrogens with one attached hydrogen (secondary N) is 1. The summed E-state index contributed by atoms with van der Waals surface area (Å²) in [5.74, 6) is -0.354. The van der Waals surface area contributed by atoms with Crippen LogP contribution in [0.3, 0.4) is 0 Å². The Morgan fingerprint density at radius 2 is 1.60 bits per heavy atom. The number of hydrazone groups is 1. The summed E-state index contributed by atoms with van der Waals surface area (Å²) < 4.78 is 1.76. The fraction of sp³-hybridized carbons (Fsp3) is 0.0690. The molecule has 1 aromatic heterocycles. The van der Waals surface area contributed by atoms with Crippen LogP contribution in [0.1, 0.15) is 27.2 Å². The normalized spacial score (nSPS) is 11.3. The summed E-state index contributed by atoms with van der Waals surface area (Å²) in [6.07, 6.45) is 1.45. The van der Waals surface area contributed by atoms with E-state index in [1.807, 2.05) is 92.7 Å². The summed E-state index contributed by atoms with van der Waals surface area (Å²) in [7, 11) is 0. The van der Waals surface area contributed by atoms with Crippen LogP contribution in [0.4, 0.5) is 0 Å². The Kier molecular flexibility index (Phi) is 5.85. The molecule has 0 aliphatic carbocycles. The number of aryl methyl sites for hydroxylation is 2. The van der Waals surface area contributed by atoms with Gasteiger partial charge in [-0.25, -0.2) is 10.1 Å². The lowest BCUT2D eigenvalue weighted by molar-refractivity contribution is 0.0949. The van der Waals surface area contributed by atoms with Crippen molar-refractivity contribution in [2.24, 2.45) is 5.10 Å². The van der Waals surface area contributed by atoms with Crippen molar-refractivity contribution in [1.29, 1.82) is 0 Å². The van der Waals surface area contributed by atoms with Gasteiger partial charge in [0.25, 0.3) is 5.91 Å². The first-order valence-electron chi connectivity index (χ1n) is 11.3. The molecule has 0 spiro atoms. The van der Waals surface area contributed by atoms with E-state index in [1.54, 1.807) is 16.8 Å². The van der Waals surface area contributed by atoms with Gasteiger partial charge in [-0.1, -0.05) is 77.9 Å². The molecule has 0 aliphatic rings. The zero-order valence-corrected chi connectivity index (χ0v) is 19.4. The van der Waals surface area contributed by atoms with Crippen molar-refractivity contribution in [2.75, 3.05) is 0 Å². The summed E-state index contributed by atoms with van der Waals surface area (Å²) in [6.45, 7) is 4.06. The molecule has 0 unspecified atom stereocenters. The number of rotatable bonds is 5. The van der Waals surface area contributed by atoms with Crippen molar-refractivity contribution in [3.05, 3.63) is 113 Å². The maximum absolute atomic E-state index is 13.0. The van der Waals surface area contributed by atoms with Crippen LogP contribution in [-0.2, 0) is 0 Å². The average Bonchev–Trinajstić information content (AvgIpc) is 3.32. The molecule has 0 saturated carbocycles.